The van der Waals surface area contributed by atoms with Crippen LogP contribution in [-0.2, 0) is 32.6 Å². The van der Waals surface area contributed by atoms with E-state index in [9.17, 15) is 0 Å². The van der Waals surface area contributed by atoms with Crippen LogP contribution in [0.1, 0.15) is 47.6 Å². The van der Waals surface area contributed by atoms with Crippen molar-refractivity contribution in [1.82, 2.24) is 0 Å². The van der Waals surface area contributed by atoms with Crippen LogP contribution in [0.15, 0.2) is 60.2 Å². The van der Waals surface area contributed by atoms with Gasteiger partial charge >= 0.3 is 0 Å². The van der Waals surface area contributed by atoms with Gasteiger partial charge in [-0.1, -0.05) is 80.1 Å². The Morgan fingerprint density at radius 3 is 2.40 bits per heavy atom. The summed E-state index contributed by atoms with van der Waals surface area (Å²) in [6.45, 7) is 4.56. The molecule has 0 saturated carbocycles. The Morgan fingerprint density at radius 2 is 1.60 bits per heavy atom. The maximum Gasteiger partial charge on any atom is 0.0167 e. The Kier molecular flexibility index (Phi) is 4.32. The molecule has 5 rings (SSSR count). The first kappa shape index (κ1) is 17.0. The summed E-state index contributed by atoms with van der Waals surface area (Å²) in [5, 5.41) is 2.86. The monoisotopic (exact) mass is 399 g/mol. The van der Waals surface area contributed by atoms with E-state index in [0.29, 0.717) is 11.8 Å². The second kappa shape index (κ2) is 6.36. The van der Waals surface area contributed by atoms with Gasteiger partial charge in [0.05, 0.1) is 0 Å². The Bertz CT molecular complexity index is 989. The second-order valence-corrected chi connectivity index (χ2v) is 7.41. The van der Waals surface area contributed by atoms with E-state index < -0.39 is 0 Å². The fourth-order valence-corrected chi connectivity index (χ4v) is 4.44. The van der Waals surface area contributed by atoms with Gasteiger partial charge in [-0.05, 0) is 50.9 Å². The minimum absolute atomic E-state index is 0. The summed E-state index contributed by atoms with van der Waals surface area (Å²) < 4.78 is 0. The van der Waals surface area contributed by atoms with Crippen LogP contribution in [0.2, 0.25) is 0 Å². The van der Waals surface area contributed by atoms with E-state index >= 15 is 0 Å². The molecule has 121 valence electrons. The Morgan fingerprint density at radius 1 is 0.880 bits per heavy atom. The van der Waals surface area contributed by atoms with Crippen LogP contribution in [0.3, 0.4) is 0 Å². The second-order valence-electron chi connectivity index (χ2n) is 7.41. The van der Waals surface area contributed by atoms with Crippen molar-refractivity contribution in [3.05, 3.63) is 94.4 Å². The maximum absolute atomic E-state index is 2.42. The molecule has 3 aromatic rings. The molecule has 0 saturated heterocycles. The quantitative estimate of drug-likeness (QED) is 0.485. The predicted molar refractivity (Wildman–Crippen MR) is 102 cm³/mol. The number of fused-ring (bicyclic) bond motifs is 1. The first-order valence-corrected chi connectivity index (χ1v) is 8.92. The van der Waals surface area contributed by atoms with Crippen molar-refractivity contribution in [2.75, 3.05) is 0 Å². The Hall–Kier alpha value is -1.46. The fourth-order valence-electron chi connectivity index (χ4n) is 4.44. The largest absolute Gasteiger partial charge is 0.0616 e. The summed E-state index contributed by atoms with van der Waals surface area (Å²) >= 11 is 0. The molecule has 1 radical (unpaired) electrons. The first-order valence-electron chi connectivity index (χ1n) is 8.92. The number of rotatable bonds is 2. The van der Waals surface area contributed by atoms with Gasteiger partial charge in [0.1, 0.15) is 0 Å². The molecule has 1 unspecified atom stereocenters. The van der Waals surface area contributed by atoms with Gasteiger partial charge in [-0.2, -0.15) is 0 Å². The average molecular weight is 401 g/mol. The third kappa shape index (κ3) is 2.60. The molecule has 0 amide bonds. The molecule has 2 aliphatic carbocycles. The molecule has 25 heavy (non-hydrogen) atoms. The molecule has 1 heteroatoms. The summed E-state index contributed by atoms with van der Waals surface area (Å²) in [5.41, 5.74) is 8.77. The number of benzene rings is 3. The summed E-state index contributed by atoms with van der Waals surface area (Å²) in [6, 6.07) is 20.3. The molecule has 0 fully saturated rings. The van der Waals surface area contributed by atoms with E-state index in [-0.39, 0.29) is 26.2 Å². The molecular formula is C24H21Zr. The van der Waals surface area contributed by atoms with Gasteiger partial charge in [0.25, 0.3) is 0 Å². The van der Waals surface area contributed by atoms with Crippen molar-refractivity contribution < 1.29 is 26.2 Å². The topological polar surface area (TPSA) is 0 Å². The molecular weight excluding hydrogens is 379 g/mol. The van der Waals surface area contributed by atoms with Gasteiger partial charge < -0.3 is 0 Å². The van der Waals surface area contributed by atoms with Crippen LogP contribution in [-0.4, -0.2) is 0 Å². The van der Waals surface area contributed by atoms with Gasteiger partial charge in [-0.25, -0.2) is 0 Å². The Balaban J connectivity index is 0.00000157. The minimum Gasteiger partial charge on any atom is -0.0616 e. The smallest absolute Gasteiger partial charge is 0.0167 e. The van der Waals surface area contributed by atoms with E-state index in [1.807, 2.05) is 0 Å². The molecule has 0 nitrogen and oxygen atoms in total. The van der Waals surface area contributed by atoms with E-state index in [1.165, 1.54) is 44.2 Å². The molecule has 1 atom stereocenters. The van der Waals surface area contributed by atoms with Gasteiger partial charge in [0.2, 0.25) is 0 Å². The van der Waals surface area contributed by atoms with E-state index in [0.717, 1.165) is 6.42 Å². The fraction of sp³-hybridized carbons (Fsp3) is 0.208. The standard InChI is InChI=1S/C24H21.Zr/c1-15(2)19-12-17-8-5-10-20(22(17)14-19)23-13-18-9-3-6-16-7-4-11-21(23)24(16)18;/h3-12,14-15,23H,13H2,1-2H3;. The number of allylic oxidation sites excluding steroid dienone is 1. The summed E-state index contributed by atoms with van der Waals surface area (Å²) in [7, 11) is 0. The molecule has 0 N–H and O–H groups in total. The zero-order valence-corrected chi connectivity index (χ0v) is 17.2. The molecule has 0 aliphatic heterocycles. The molecule has 0 bridgehead atoms. The number of hydrogen-bond acceptors (Lipinski definition) is 0. The normalized spacial score (nSPS) is 17.6. The molecule has 0 aromatic heterocycles. The maximum atomic E-state index is 2.42. The average Bonchev–Trinajstić information content (AvgIpc) is 3.18. The minimum atomic E-state index is 0. The molecule has 0 heterocycles. The summed E-state index contributed by atoms with van der Waals surface area (Å²) in [5.74, 6) is 1.06. The zero-order valence-electron chi connectivity index (χ0n) is 14.7. The molecule has 2 aliphatic rings. The van der Waals surface area contributed by atoms with Crippen LogP contribution in [0, 0.1) is 12.3 Å². The van der Waals surface area contributed by atoms with Crippen LogP contribution in [0.5, 0.6) is 0 Å². The third-order valence-corrected chi connectivity index (χ3v) is 5.67. The predicted octanol–water partition coefficient (Wildman–Crippen LogP) is 6.13. The zero-order chi connectivity index (χ0) is 16.3. The van der Waals surface area contributed by atoms with E-state index in [4.69, 9.17) is 0 Å². The van der Waals surface area contributed by atoms with Gasteiger partial charge in [0.15, 0.2) is 0 Å². The summed E-state index contributed by atoms with van der Waals surface area (Å²) in [6.07, 6.45) is 5.91. The molecule has 0 spiro atoms. The SMILES string of the molecule is CC(C)C1=Cc2c(cccc2C2Cc3cccc4cccc2c34)[CH]1.[Zr]. The third-order valence-electron chi connectivity index (χ3n) is 5.67. The van der Waals surface area contributed by atoms with E-state index in [1.54, 1.807) is 0 Å². The van der Waals surface area contributed by atoms with Crippen LogP contribution in [0.4, 0.5) is 0 Å². The van der Waals surface area contributed by atoms with Gasteiger partial charge in [-0.15, -0.1) is 0 Å². The van der Waals surface area contributed by atoms with Crippen molar-refractivity contribution in [2.24, 2.45) is 5.92 Å². The van der Waals surface area contributed by atoms with E-state index in [2.05, 4.69) is 80.9 Å². The van der Waals surface area contributed by atoms with Gasteiger partial charge in [0, 0.05) is 38.5 Å². The van der Waals surface area contributed by atoms with Crippen LogP contribution < -0.4 is 0 Å². The van der Waals surface area contributed by atoms with Crippen molar-refractivity contribution in [2.45, 2.75) is 26.2 Å². The van der Waals surface area contributed by atoms with Crippen LogP contribution in [0.25, 0.3) is 16.8 Å². The Labute approximate surface area is 169 Å². The summed E-state index contributed by atoms with van der Waals surface area (Å²) in [4.78, 5) is 0. The van der Waals surface area contributed by atoms with Crippen LogP contribution >= 0.6 is 0 Å². The van der Waals surface area contributed by atoms with Crippen molar-refractivity contribution in [1.29, 1.82) is 0 Å². The van der Waals surface area contributed by atoms with Crippen molar-refractivity contribution in [3.8, 4) is 0 Å². The first-order chi connectivity index (χ1) is 11.7. The molecule has 3 aromatic carbocycles. The van der Waals surface area contributed by atoms with Crippen molar-refractivity contribution in [3.63, 3.8) is 0 Å². The van der Waals surface area contributed by atoms with Gasteiger partial charge in [-0.3, -0.25) is 0 Å². The number of hydrogen-bond donors (Lipinski definition) is 0. The van der Waals surface area contributed by atoms with Crippen molar-refractivity contribution >= 4 is 16.8 Å².